The van der Waals surface area contributed by atoms with E-state index in [9.17, 15) is 13.2 Å². The zero-order valence-corrected chi connectivity index (χ0v) is 13.3. The fraction of sp³-hybridized carbons (Fsp3) is 0.923. The Morgan fingerprint density at radius 3 is 2.16 bits per heavy atom. The molecule has 0 saturated heterocycles. The molecule has 5 nitrogen and oxygen atoms in total. The SMILES string of the molecule is CCC(CC)(CN)NC(=O)CCS(=O)(=O)CC(C)C. The average molecular weight is 292 g/mol. The lowest BCUT2D eigenvalue weighted by atomic mass is 9.93. The van der Waals surface area contributed by atoms with Crippen LogP contribution in [0.1, 0.15) is 47.0 Å². The van der Waals surface area contributed by atoms with E-state index in [1.807, 2.05) is 27.7 Å². The van der Waals surface area contributed by atoms with E-state index in [0.29, 0.717) is 6.54 Å². The van der Waals surface area contributed by atoms with Crippen LogP contribution in [0.3, 0.4) is 0 Å². The summed E-state index contributed by atoms with van der Waals surface area (Å²) in [6.45, 7) is 8.00. The van der Waals surface area contributed by atoms with Crippen LogP contribution in [0.4, 0.5) is 0 Å². The molecule has 0 atom stereocenters. The van der Waals surface area contributed by atoms with Crippen LogP contribution < -0.4 is 11.1 Å². The van der Waals surface area contributed by atoms with Crippen LogP contribution in [0.2, 0.25) is 0 Å². The molecule has 1 amide bonds. The van der Waals surface area contributed by atoms with Crippen molar-refractivity contribution in [2.75, 3.05) is 18.1 Å². The molecule has 0 rings (SSSR count). The molecule has 0 unspecified atom stereocenters. The Hall–Kier alpha value is -0.620. The highest BCUT2D eigenvalue weighted by molar-refractivity contribution is 7.91. The van der Waals surface area contributed by atoms with Crippen molar-refractivity contribution in [2.24, 2.45) is 11.7 Å². The molecular weight excluding hydrogens is 264 g/mol. The summed E-state index contributed by atoms with van der Waals surface area (Å²) in [4.78, 5) is 11.8. The summed E-state index contributed by atoms with van der Waals surface area (Å²) in [7, 11) is -3.14. The van der Waals surface area contributed by atoms with E-state index < -0.39 is 15.4 Å². The molecule has 0 aliphatic rings. The van der Waals surface area contributed by atoms with Gasteiger partial charge in [-0.25, -0.2) is 8.42 Å². The van der Waals surface area contributed by atoms with E-state index >= 15 is 0 Å². The Morgan fingerprint density at radius 1 is 1.26 bits per heavy atom. The Balaban J connectivity index is 4.41. The Labute approximate surface area is 117 Å². The lowest BCUT2D eigenvalue weighted by Crippen LogP contribution is -2.53. The van der Waals surface area contributed by atoms with Crippen molar-refractivity contribution in [3.63, 3.8) is 0 Å². The molecular formula is C13H28N2O3S. The van der Waals surface area contributed by atoms with Gasteiger partial charge in [-0.1, -0.05) is 27.7 Å². The molecule has 0 fully saturated rings. The molecule has 0 saturated carbocycles. The predicted molar refractivity (Wildman–Crippen MR) is 78.6 cm³/mol. The summed E-state index contributed by atoms with van der Waals surface area (Å²) >= 11 is 0. The van der Waals surface area contributed by atoms with Crippen LogP contribution in [-0.4, -0.2) is 37.9 Å². The Morgan fingerprint density at radius 2 is 1.79 bits per heavy atom. The van der Waals surface area contributed by atoms with Gasteiger partial charge in [0.15, 0.2) is 9.84 Å². The number of carbonyl (C=O) groups excluding carboxylic acids is 1. The highest BCUT2D eigenvalue weighted by Gasteiger charge is 2.26. The van der Waals surface area contributed by atoms with Crippen molar-refractivity contribution in [3.05, 3.63) is 0 Å². The van der Waals surface area contributed by atoms with Crippen molar-refractivity contribution in [3.8, 4) is 0 Å². The largest absolute Gasteiger partial charge is 0.349 e. The first-order chi connectivity index (χ1) is 8.70. The molecule has 114 valence electrons. The third kappa shape index (κ3) is 6.92. The minimum Gasteiger partial charge on any atom is -0.349 e. The zero-order chi connectivity index (χ0) is 15.1. The summed E-state index contributed by atoms with van der Waals surface area (Å²) in [5.74, 6) is -0.112. The standard InChI is InChI=1S/C13H28N2O3S/c1-5-13(6-2,10-14)15-12(16)7-8-19(17,18)9-11(3)4/h11H,5-10,14H2,1-4H3,(H,15,16). The van der Waals surface area contributed by atoms with E-state index in [1.54, 1.807) is 0 Å². The molecule has 0 radical (unpaired) electrons. The maximum Gasteiger partial charge on any atom is 0.221 e. The number of nitrogens with one attached hydrogen (secondary N) is 1. The summed E-state index contributed by atoms with van der Waals surface area (Å²) in [6, 6.07) is 0. The quantitative estimate of drug-likeness (QED) is 0.665. The monoisotopic (exact) mass is 292 g/mol. The van der Waals surface area contributed by atoms with Crippen molar-refractivity contribution in [1.82, 2.24) is 5.32 Å². The smallest absolute Gasteiger partial charge is 0.221 e. The number of rotatable bonds is 9. The van der Waals surface area contributed by atoms with Gasteiger partial charge in [0.05, 0.1) is 17.0 Å². The molecule has 0 heterocycles. The molecule has 0 bridgehead atoms. The van der Waals surface area contributed by atoms with Crippen LogP contribution in [0.25, 0.3) is 0 Å². The van der Waals surface area contributed by atoms with Crippen molar-refractivity contribution in [1.29, 1.82) is 0 Å². The highest BCUT2D eigenvalue weighted by Crippen LogP contribution is 2.13. The summed E-state index contributed by atoms with van der Waals surface area (Å²) < 4.78 is 23.4. The van der Waals surface area contributed by atoms with Crippen LogP contribution in [0.15, 0.2) is 0 Å². The number of hydrogen-bond donors (Lipinski definition) is 2. The van der Waals surface area contributed by atoms with E-state index in [2.05, 4.69) is 5.32 Å². The predicted octanol–water partition coefficient (Wildman–Crippen LogP) is 1.08. The van der Waals surface area contributed by atoms with Gasteiger partial charge in [0.25, 0.3) is 0 Å². The molecule has 0 aliphatic carbocycles. The van der Waals surface area contributed by atoms with Crippen LogP contribution in [-0.2, 0) is 14.6 Å². The van der Waals surface area contributed by atoms with E-state index in [1.165, 1.54) is 0 Å². The molecule has 0 aromatic rings. The van der Waals surface area contributed by atoms with Gasteiger partial charge in [-0.2, -0.15) is 0 Å². The summed E-state index contributed by atoms with van der Waals surface area (Å²) in [6.07, 6.45) is 1.49. The second kappa shape index (κ2) is 7.85. The second-order valence-electron chi connectivity index (χ2n) is 5.50. The Bertz CT molecular complexity index is 365. The fourth-order valence-corrected chi connectivity index (χ4v) is 3.64. The number of sulfone groups is 1. The first kappa shape index (κ1) is 18.4. The van der Waals surface area contributed by atoms with Gasteiger partial charge in [-0.3, -0.25) is 4.79 Å². The number of amides is 1. The van der Waals surface area contributed by atoms with Gasteiger partial charge in [0, 0.05) is 13.0 Å². The van der Waals surface area contributed by atoms with Crippen molar-refractivity contribution < 1.29 is 13.2 Å². The maximum atomic E-state index is 11.8. The van der Waals surface area contributed by atoms with Gasteiger partial charge in [-0.05, 0) is 18.8 Å². The van der Waals surface area contributed by atoms with Gasteiger partial charge >= 0.3 is 0 Å². The lowest BCUT2D eigenvalue weighted by molar-refractivity contribution is -0.122. The maximum absolute atomic E-state index is 11.8. The molecule has 0 aromatic heterocycles. The minimum absolute atomic E-state index is 0.0107. The highest BCUT2D eigenvalue weighted by atomic mass is 32.2. The van der Waals surface area contributed by atoms with Crippen molar-refractivity contribution in [2.45, 2.75) is 52.5 Å². The molecule has 0 spiro atoms. The fourth-order valence-electron chi connectivity index (χ4n) is 1.96. The molecule has 3 N–H and O–H groups in total. The Kier molecular flexibility index (Phi) is 7.59. The van der Waals surface area contributed by atoms with Crippen LogP contribution >= 0.6 is 0 Å². The normalized spacial score (nSPS) is 12.7. The third-order valence-corrected chi connectivity index (χ3v) is 5.38. The molecule has 19 heavy (non-hydrogen) atoms. The summed E-state index contributed by atoms with van der Waals surface area (Å²) in [5.41, 5.74) is 5.29. The van der Waals surface area contributed by atoms with Crippen LogP contribution in [0.5, 0.6) is 0 Å². The second-order valence-corrected chi connectivity index (χ2v) is 7.73. The van der Waals surface area contributed by atoms with Gasteiger partial charge in [0.1, 0.15) is 0 Å². The van der Waals surface area contributed by atoms with Crippen molar-refractivity contribution >= 4 is 15.7 Å². The van der Waals surface area contributed by atoms with E-state index in [4.69, 9.17) is 5.73 Å². The lowest BCUT2D eigenvalue weighted by Gasteiger charge is -2.31. The van der Waals surface area contributed by atoms with Crippen LogP contribution in [0, 0.1) is 5.92 Å². The zero-order valence-electron chi connectivity index (χ0n) is 12.5. The van der Waals surface area contributed by atoms with Gasteiger partial charge in [0.2, 0.25) is 5.91 Å². The molecule has 0 aromatic carbocycles. The van der Waals surface area contributed by atoms with E-state index in [-0.39, 0.29) is 29.8 Å². The number of hydrogen-bond acceptors (Lipinski definition) is 4. The topological polar surface area (TPSA) is 89.3 Å². The molecule has 0 aliphatic heterocycles. The number of carbonyl (C=O) groups is 1. The first-order valence-corrected chi connectivity index (χ1v) is 8.74. The molecule has 6 heteroatoms. The van der Waals surface area contributed by atoms with E-state index in [0.717, 1.165) is 12.8 Å². The first-order valence-electron chi connectivity index (χ1n) is 6.91. The summed E-state index contributed by atoms with van der Waals surface area (Å²) in [5, 5.41) is 2.88. The number of nitrogens with two attached hydrogens (primary N) is 1. The third-order valence-electron chi connectivity index (χ3n) is 3.38. The average Bonchev–Trinajstić information content (AvgIpc) is 2.32. The van der Waals surface area contributed by atoms with Gasteiger partial charge < -0.3 is 11.1 Å². The van der Waals surface area contributed by atoms with Gasteiger partial charge in [-0.15, -0.1) is 0 Å². The minimum atomic E-state index is -3.14.